The Bertz CT molecular complexity index is 1030. The number of aliphatic hydroxyl groups excluding tert-OH is 1. The smallest absolute Gasteiger partial charge is 0.247 e. The molecule has 3 aliphatic rings. The predicted octanol–water partition coefficient (Wildman–Crippen LogP) is 2.71. The summed E-state index contributed by atoms with van der Waals surface area (Å²) in [5.74, 6) is -1.37. The molecule has 1 spiro atoms. The van der Waals surface area contributed by atoms with Gasteiger partial charge in [-0.1, -0.05) is 42.5 Å². The molecule has 2 bridgehead atoms. The second-order valence-corrected chi connectivity index (χ2v) is 12.2. The Morgan fingerprint density at radius 2 is 1.86 bits per heavy atom. The predicted molar refractivity (Wildman–Crippen MR) is 142 cm³/mol. The van der Waals surface area contributed by atoms with Crippen LogP contribution in [-0.2, 0) is 20.9 Å². The van der Waals surface area contributed by atoms with E-state index < -0.39 is 27.4 Å². The van der Waals surface area contributed by atoms with Crippen LogP contribution in [0.4, 0.5) is 0 Å². The standard InChI is InChI=1S/C28H37N3O4S/c1-5-15-29(4)24(33)21-22-25(34)31(17-10-18-32)23(28(22)14-13-27(21,3)36-28)26(35)30(16-6-2)19-20-11-8-7-9-12-20/h5-9,11-12,21-23,32H,1-2,10,13-19H2,3-4H3/t21-,22+,23?,27+,28?/m1/s1. The molecule has 8 heteroatoms. The second-order valence-electron chi connectivity index (χ2n) is 10.3. The Kier molecular flexibility index (Phi) is 7.67. The van der Waals surface area contributed by atoms with Crippen molar-refractivity contribution in [3.63, 3.8) is 0 Å². The Hall–Kier alpha value is -2.58. The maximum atomic E-state index is 14.3. The van der Waals surface area contributed by atoms with Crippen LogP contribution >= 0.6 is 11.8 Å². The summed E-state index contributed by atoms with van der Waals surface area (Å²) in [5.41, 5.74) is 1.00. The summed E-state index contributed by atoms with van der Waals surface area (Å²) in [4.78, 5) is 47.0. The molecule has 7 nitrogen and oxygen atoms in total. The van der Waals surface area contributed by atoms with Crippen molar-refractivity contribution in [3.8, 4) is 0 Å². The molecule has 3 fully saturated rings. The number of carbonyl (C=O) groups excluding carboxylic acids is 3. The number of carbonyl (C=O) groups is 3. The molecule has 0 radical (unpaired) electrons. The Morgan fingerprint density at radius 1 is 1.17 bits per heavy atom. The summed E-state index contributed by atoms with van der Waals surface area (Å²) in [5, 5.41) is 9.55. The van der Waals surface area contributed by atoms with E-state index in [0.29, 0.717) is 32.5 Å². The van der Waals surface area contributed by atoms with Crippen LogP contribution in [0.5, 0.6) is 0 Å². The van der Waals surface area contributed by atoms with Gasteiger partial charge in [-0.3, -0.25) is 14.4 Å². The fourth-order valence-electron chi connectivity index (χ4n) is 6.45. The van der Waals surface area contributed by atoms with E-state index in [1.165, 1.54) is 0 Å². The van der Waals surface area contributed by atoms with Gasteiger partial charge in [0.1, 0.15) is 6.04 Å². The number of rotatable bonds is 11. The van der Waals surface area contributed by atoms with Gasteiger partial charge >= 0.3 is 0 Å². The maximum absolute atomic E-state index is 14.3. The van der Waals surface area contributed by atoms with Gasteiger partial charge in [-0.25, -0.2) is 0 Å². The number of likely N-dealkylation sites (N-methyl/N-ethyl adjacent to an activating group) is 1. The summed E-state index contributed by atoms with van der Waals surface area (Å²) in [6.45, 7) is 11.1. The third-order valence-electron chi connectivity index (χ3n) is 7.99. The number of likely N-dealkylation sites (tertiary alicyclic amines) is 1. The molecular formula is C28H37N3O4S. The van der Waals surface area contributed by atoms with Crippen LogP contribution in [0.2, 0.25) is 0 Å². The molecule has 3 heterocycles. The number of thioether (sulfide) groups is 1. The second kappa shape index (κ2) is 10.4. The van der Waals surface area contributed by atoms with E-state index in [1.807, 2.05) is 30.3 Å². The topological polar surface area (TPSA) is 81.2 Å². The Balaban J connectivity index is 1.74. The first kappa shape index (κ1) is 26.5. The van der Waals surface area contributed by atoms with Crippen molar-refractivity contribution in [2.24, 2.45) is 11.8 Å². The molecular weight excluding hydrogens is 474 g/mol. The quantitative estimate of drug-likeness (QED) is 0.462. The third-order valence-corrected chi connectivity index (χ3v) is 9.98. The first-order valence-electron chi connectivity index (χ1n) is 12.6. The zero-order chi connectivity index (χ0) is 26.1. The molecule has 4 rings (SSSR count). The number of fused-ring (bicyclic) bond motifs is 1. The lowest BCUT2D eigenvalue weighted by Gasteiger charge is -2.37. The molecule has 36 heavy (non-hydrogen) atoms. The van der Waals surface area contributed by atoms with Gasteiger partial charge < -0.3 is 19.8 Å². The molecule has 0 aromatic heterocycles. The Labute approximate surface area is 218 Å². The van der Waals surface area contributed by atoms with Gasteiger partial charge in [0.15, 0.2) is 0 Å². The number of hydrogen-bond donors (Lipinski definition) is 1. The van der Waals surface area contributed by atoms with Gasteiger partial charge in [-0.15, -0.1) is 24.9 Å². The Morgan fingerprint density at radius 3 is 2.50 bits per heavy atom. The molecule has 3 amide bonds. The third kappa shape index (κ3) is 4.28. The maximum Gasteiger partial charge on any atom is 0.247 e. The van der Waals surface area contributed by atoms with E-state index in [1.54, 1.807) is 45.7 Å². The summed E-state index contributed by atoms with van der Waals surface area (Å²) in [6, 6.07) is 9.11. The molecule has 3 saturated heterocycles. The van der Waals surface area contributed by atoms with Crippen LogP contribution in [0.25, 0.3) is 0 Å². The lowest BCUT2D eigenvalue weighted by atomic mass is 9.66. The summed E-state index contributed by atoms with van der Waals surface area (Å²) in [6.07, 6.45) is 5.26. The van der Waals surface area contributed by atoms with Crippen LogP contribution in [0, 0.1) is 11.8 Å². The molecule has 1 aromatic carbocycles. The number of nitrogens with zero attached hydrogens (tertiary/aromatic N) is 3. The molecule has 1 N–H and O–H groups in total. The van der Waals surface area contributed by atoms with Crippen molar-refractivity contribution in [2.45, 2.75) is 48.3 Å². The van der Waals surface area contributed by atoms with E-state index in [-0.39, 0.29) is 30.9 Å². The summed E-state index contributed by atoms with van der Waals surface area (Å²) < 4.78 is -1.07. The number of hydrogen-bond acceptors (Lipinski definition) is 5. The lowest BCUT2D eigenvalue weighted by molar-refractivity contribution is -0.145. The van der Waals surface area contributed by atoms with Crippen molar-refractivity contribution in [1.82, 2.24) is 14.7 Å². The normalized spacial score (nSPS) is 30.2. The van der Waals surface area contributed by atoms with Crippen molar-refractivity contribution < 1.29 is 19.5 Å². The fraction of sp³-hybridized carbons (Fsp3) is 0.536. The van der Waals surface area contributed by atoms with Crippen molar-refractivity contribution >= 4 is 29.5 Å². The van der Waals surface area contributed by atoms with Crippen LogP contribution in [-0.4, -0.2) is 86.4 Å². The zero-order valence-corrected chi connectivity index (χ0v) is 22.1. The van der Waals surface area contributed by atoms with Gasteiger partial charge in [-0.05, 0) is 31.7 Å². The summed E-state index contributed by atoms with van der Waals surface area (Å²) >= 11 is 1.67. The molecule has 2 unspecified atom stereocenters. The number of amides is 3. The molecule has 1 aromatic rings. The van der Waals surface area contributed by atoms with Gasteiger partial charge in [-0.2, -0.15) is 0 Å². The van der Waals surface area contributed by atoms with Gasteiger partial charge in [0.05, 0.1) is 16.6 Å². The number of aliphatic hydroxyl groups is 1. The van der Waals surface area contributed by atoms with E-state index in [2.05, 4.69) is 20.1 Å². The highest BCUT2D eigenvalue weighted by atomic mass is 32.2. The largest absolute Gasteiger partial charge is 0.396 e. The lowest BCUT2D eigenvalue weighted by Crippen LogP contribution is -2.55. The molecule has 3 aliphatic heterocycles. The van der Waals surface area contributed by atoms with Crippen molar-refractivity contribution in [3.05, 3.63) is 61.2 Å². The minimum absolute atomic E-state index is 0.0627. The highest BCUT2D eigenvalue weighted by Gasteiger charge is 2.77. The number of benzene rings is 1. The zero-order valence-electron chi connectivity index (χ0n) is 21.3. The summed E-state index contributed by atoms with van der Waals surface area (Å²) in [7, 11) is 1.74. The average Bonchev–Trinajstić information content (AvgIpc) is 3.43. The minimum atomic E-state index is -0.681. The van der Waals surface area contributed by atoms with Crippen LogP contribution in [0.1, 0.15) is 31.7 Å². The highest BCUT2D eigenvalue weighted by Crippen LogP contribution is 2.71. The molecule has 0 aliphatic carbocycles. The van der Waals surface area contributed by atoms with E-state index in [4.69, 9.17) is 0 Å². The molecule has 194 valence electrons. The fourth-order valence-corrected chi connectivity index (χ4v) is 8.79. The van der Waals surface area contributed by atoms with Crippen molar-refractivity contribution in [1.29, 1.82) is 0 Å². The highest BCUT2D eigenvalue weighted by molar-refractivity contribution is 8.02. The molecule has 5 atom stereocenters. The van der Waals surface area contributed by atoms with E-state index >= 15 is 0 Å². The first-order chi connectivity index (χ1) is 17.2. The van der Waals surface area contributed by atoms with Gasteiger partial charge in [0.2, 0.25) is 17.7 Å². The van der Waals surface area contributed by atoms with E-state index in [9.17, 15) is 19.5 Å². The minimum Gasteiger partial charge on any atom is -0.396 e. The van der Waals surface area contributed by atoms with Crippen LogP contribution in [0.3, 0.4) is 0 Å². The monoisotopic (exact) mass is 511 g/mol. The van der Waals surface area contributed by atoms with Gasteiger partial charge in [0, 0.05) is 44.6 Å². The van der Waals surface area contributed by atoms with Gasteiger partial charge in [0.25, 0.3) is 0 Å². The van der Waals surface area contributed by atoms with E-state index in [0.717, 1.165) is 12.0 Å². The van der Waals surface area contributed by atoms with Crippen molar-refractivity contribution in [2.75, 3.05) is 33.3 Å². The first-order valence-corrected chi connectivity index (χ1v) is 13.5. The average molecular weight is 512 g/mol. The van der Waals surface area contributed by atoms with Crippen LogP contribution < -0.4 is 0 Å². The SMILES string of the molecule is C=CCN(C)C(=O)[C@H]1[C@H]2C(=O)N(CCCO)C(C(=O)N(CC=C)Cc3ccccc3)C23CC[C@]1(C)S3. The van der Waals surface area contributed by atoms with Crippen LogP contribution in [0.15, 0.2) is 55.6 Å². The molecule has 0 saturated carbocycles.